The number of hydrogen-bond donors (Lipinski definition) is 1. The maximum Gasteiger partial charge on any atom is 0.410 e. The van der Waals surface area contributed by atoms with E-state index in [1.54, 1.807) is 11.9 Å². The molecule has 1 aromatic carbocycles. The molecule has 0 spiro atoms. The molecule has 1 unspecified atom stereocenters. The molecule has 0 radical (unpaired) electrons. The average molecular weight is 777 g/mol. The number of carbonyl (C=O) groups is 3. The Bertz CT molecular complexity index is 1680. The van der Waals surface area contributed by atoms with Crippen molar-refractivity contribution in [1.82, 2.24) is 4.90 Å². The molecule has 9 nitrogen and oxygen atoms in total. The van der Waals surface area contributed by atoms with Crippen LogP contribution in [0, 0.1) is 62.6 Å². The van der Waals surface area contributed by atoms with Crippen molar-refractivity contribution in [3.63, 3.8) is 0 Å². The number of ether oxygens (including phenoxy) is 4. The molecular weight excluding hydrogens is 705 g/mol. The van der Waals surface area contributed by atoms with Crippen LogP contribution in [0.4, 0.5) is 4.79 Å². The molecule has 1 saturated heterocycles. The zero-order valence-corrected chi connectivity index (χ0v) is 36.5. The van der Waals surface area contributed by atoms with Gasteiger partial charge in [0, 0.05) is 30.7 Å². The topological polar surface area (TPSA) is 117 Å². The van der Waals surface area contributed by atoms with E-state index < -0.39 is 29.3 Å². The first kappa shape index (κ1) is 42.7. The monoisotopic (exact) mass is 777 g/mol. The SMILES string of the molecule is CC(=O)O[C@@H]1C[C@@]23COCC(C)([C@H]1OC[C@](C)(C(C)C)N(C)C(=O)OCc1ccccc1)[C@@H]2CC[C@H]1C3=CC[C@@]2(C)[C@H](C(N)=O)[C@@](C)([C@H](C)C(C)C)CC[C@]12C. The Morgan fingerprint density at radius 1 is 0.982 bits per heavy atom. The first-order chi connectivity index (χ1) is 26.1. The summed E-state index contributed by atoms with van der Waals surface area (Å²) in [6.45, 7) is 25.5. The van der Waals surface area contributed by atoms with Gasteiger partial charge in [0.05, 0.1) is 25.4 Å². The molecule has 2 bridgehead atoms. The Hall–Kier alpha value is -2.91. The lowest BCUT2D eigenvalue weighted by Crippen LogP contribution is -2.70. The van der Waals surface area contributed by atoms with Crippen LogP contribution in [0.15, 0.2) is 42.0 Å². The maximum atomic E-state index is 13.7. The molecule has 2 N–H and O–H groups in total. The van der Waals surface area contributed by atoms with E-state index in [9.17, 15) is 14.4 Å². The molecule has 1 aromatic rings. The summed E-state index contributed by atoms with van der Waals surface area (Å²) in [5.41, 5.74) is 6.72. The van der Waals surface area contributed by atoms with Crippen LogP contribution in [-0.4, -0.2) is 67.5 Å². The Balaban J connectivity index is 1.32. The molecule has 4 aliphatic carbocycles. The van der Waals surface area contributed by atoms with Gasteiger partial charge in [-0.05, 0) is 96.8 Å². The van der Waals surface area contributed by atoms with E-state index in [0.717, 1.165) is 37.7 Å². The number of nitrogens with two attached hydrogens (primary N) is 1. The Morgan fingerprint density at radius 3 is 2.27 bits per heavy atom. The molecule has 1 aliphatic heterocycles. The number of rotatable bonds is 11. The van der Waals surface area contributed by atoms with E-state index in [2.05, 4.69) is 68.4 Å². The third-order valence-corrected chi connectivity index (χ3v) is 17.5. The average Bonchev–Trinajstić information content (AvgIpc) is 3.13. The molecule has 312 valence electrons. The summed E-state index contributed by atoms with van der Waals surface area (Å²) < 4.78 is 25.9. The van der Waals surface area contributed by atoms with Crippen LogP contribution in [0.3, 0.4) is 0 Å². The number of nitrogens with zero attached hydrogens (tertiary/aromatic N) is 1. The summed E-state index contributed by atoms with van der Waals surface area (Å²) in [5, 5.41) is 0. The third kappa shape index (κ3) is 6.53. The van der Waals surface area contributed by atoms with Crippen LogP contribution >= 0.6 is 0 Å². The largest absolute Gasteiger partial charge is 0.460 e. The van der Waals surface area contributed by atoms with Gasteiger partial charge in [0.2, 0.25) is 5.91 Å². The number of fused-ring (bicyclic) bond motifs is 3. The minimum atomic E-state index is -0.711. The quantitative estimate of drug-likeness (QED) is 0.176. The molecule has 4 fully saturated rings. The van der Waals surface area contributed by atoms with Gasteiger partial charge >= 0.3 is 12.1 Å². The molecule has 5 aliphatic rings. The van der Waals surface area contributed by atoms with Gasteiger partial charge in [0.25, 0.3) is 0 Å². The van der Waals surface area contributed by atoms with Crippen LogP contribution in [0.25, 0.3) is 0 Å². The maximum absolute atomic E-state index is 13.7. The third-order valence-electron chi connectivity index (χ3n) is 17.5. The fourth-order valence-corrected chi connectivity index (χ4v) is 13.2. The van der Waals surface area contributed by atoms with Crippen LogP contribution in [0.1, 0.15) is 120 Å². The van der Waals surface area contributed by atoms with E-state index in [1.165, 1.54) is 12.5 Å². The molecular formula is C47H72N2O7. The van der Waals surface area contributed by atoms with Crippen molar-refractivity contribution in [2.24, 2.45) is 68.3 Å². The molecule has 1 heterocycles. The van der Waals surface area contributed by atoms with Gasteiger partial charge in [-0.25, -0.2) is 4.79 Å². The van der Waals surface area contributed by atoms with E-state index in [4.69, 9.17) is 24.7 Å². The second-order valence-corrected chi connectivity index (χ2v) is 20.6. The van der Waals surface area contributed by atoms with Crippen LogP contribution in [0.5, 0.6) is 0 Å². The van der Waals surface area contributed by atoms with Gasteiger partial charge in [-0.2, -0.15) is 0 Å². The minimum absolute atomic E-state index is 0.0324. The van der Waals surface area contributed by atoms with E-state index in [-0.39, 0.29) is 70.4 Å². The predicted octanol–water partition coefficient (Wildman–Crippen LogP) is 8.98. The number of likely N-dealkylation sites (N-methyl/N-ethyl adjacent to an activating group) is 1. The normalized spacial score (nSPS) is 39.2. The number of benzene rings is 1. The Morgan fingerprint density at radius 2 is 1.66 bits per heavy atom. The molecule has 12 atom stereocenters. The smallest absolute Gasteiger partial charge is 0.410 e. The second-order valence-electron chi connectivity index (χ2n) is 20.6. The fraction of sp³-hybridized carbons (Fsp3) is 0.766. The molecule has 9 heteroatoms. The van der Waals surface area contributed by atoms with Crippen molar-refractivity contribution >= 4 is 18.0 Å². The zero-order valence-electron chi connectivity index (χ0n) is 36.5. The molecule has 0 aromatic heterocycles. The number of primary amides is 1. The van der Waals surface area contributed by atoms with Crippen molar-refractivity contribution in [2.75, 3.05) is 26.9 Å². The summed E-state index contributed by atoms with van der Waals surface area (Å²) in [5.74, 6) is 0.607. The van der Waals surface area contributed by atoms with Gasteiger partial charge < -0.3 is 29.6 Å². The van der Waals surface area contributed by atoms with Gasteiger partial charge in [-0.15, -0.1) is 0 Å². The highest BCUT2D eigenvalue weighted by atomic mass is 16.6. The number of hydrogen-bond acceptors (Lipinski definition) is 7. The minimum Gasteiger partial charge on any atom is -0.460 e. The van der Waals surface area contributed by atoms with Gasteiger partial charge in [0.15, 0.2) is 0 Å². The van der Waals surface area contributed by atoms with E-state index in [0.29, 0.717) is 31.5 Å². The molecule has 2 amide bonds. The van der Waals surface area contributed by atoms with Crippen molar-refractivity contribution in [3.8, 4) is 0 Å². The van der Waals surface area contributed by atoms with E-state index in [1.807, 2.05) is 37.3 Å². The van der Waals surface area contributed by atoms with E-state index >= 15 is 0 Å². The van der Waals surface area contributed by atoms with Crippen LogP contribution in [-0.2, 0) is 35.1 Å². The lowest BCUT2D eigenvalue weighted by atomic mass is 9.34. The molecule has 3 saturated carbocycles. The number of allylic oxidation sites excluding steroid dienone is 1. The highest BCUT2D eigenvalue weighted by molar-refractivity contribution is 5.79. The summed E-state index contributed by atoms with van der Waals surface area (Å²) >= 11 is 0. The summed E-state index contributed by atoms with van der Waals surface area (Å²) in [4.78, 5) is 41.8. The first-order valence-corrected chi connectivity index (χ1v) is 21.4. The van der Waals surface area contributed by atoms with Crippen molar-refractivity contribution < 1.29 is 33.3 Å². The summed E-state index contributed by atoms with van der Waals surface area (Å²) in [6, 6.07) is 9.68. The fourth-order valence-electron chi connectivity index (χ4n) is 13.2. The first-order valence-electron chi connectivity index (χ1n) is 21.4. The predicted molar refractivity (Wildman–Crippen MR) is 218 cm³/mol. The highest BCUT2D eigenvalue weighted by Gasteiger charge is 2.72. The molecule has 56 heavy (non-hydrogen) atoms. The Kier molecular flexibility index (Phi) is 11.5. The Labute approximate surface area is 337 Å². The standard InChI is InChI=1S/C47H72N2O7/c1-29(2)31(5)42(7)22-23-44(9)34-18-19-37-43(8)26-53-28-47(37,35(34)20-21-45(44,10)38(42)40(48)51)24-36(56-32(6)50)39(43)55-27-46(11,30(3)4)49(12)41(52)54-25-33-16-14-13-15-17-33/h13-17,20,29-31,34,36-39H,18-19,21-28H2,1-12H3,(H2,48,51)/t31-,34+,36-,37+,38-,39+,42-,43?,44-,45+,46-,47+/m1/s1. The van der Waals surface area contributed by atoms with Crippen LogP contribution < -0.4 is 5.73 Å². The summed E-state index contributed by atoms with van der Waals surface area (Å²) in [7, 11) is 1.78. The van der Waals surface area contributed by atoms with Crippen molar-refractivity contribution in [3.05, 3.63) is 47.5 Å². The second kappa shape index (κ2) is 15.0. The van der Waals surface area contributed by atoms with Gasteiger partial charge in [0.1, 0.15) is 18.8 Å². The van der Waals surface area contributed by atoms with Crippen LogP contribution in [0.2, 0.25) is 0 Å². The van der Waals surface area contributed by atoms with Crippen molar-refractivity contribution in [2.45, 2.75) is 139 Å². The van der Waals surface area contributed by atoms with Crippen molar-refractivity contribution in [1.29, 1.82) is 0 Å². The summed E-state index contributed by atoms with van der Waals surface area (Å²) in [6.07, 6.45) is 6.55. The zero-order chi connectivity index (χ0) is 41.2. The highest BCUT2D eigenvalue weighted by Crippen LogP contribution is 2.75. The number of esters is 1. The molecule has 6 rings (SSSR count). The lowest BCUT2D eigenvalue weighted by molar-refractivity contribution is -0.270. The number of amides is 2. The van der Waals surface area contributed by atoms with Gasteiger partial charge in [-0.3, -0.25) is 9.59 Å². The van der Waals surface area contributed by atoms with Gasteiger partial charge in [-0.1, -0.05) is 104 Å². The number of carbonyl (C=O) groups excluding carboxylic acids is 3. The lowest BCUT2D eigenvalue weighted by Gasteiger charge is -2.71.